The third kappa shape index (κ3) is 4.37. The van der Waals surface area contributed by atoms with Gasteiger partial charge in [-0.3, -0.25) is 14.5 Å². The number of carbonyl (C=O) groups is 2. The second-order valence-electron chi connectivity index (χ2n) is 7.94. The lowest BCUT2D eigenvalue weighted by atomic mass is 10.1. The highest BCUT2D eigenvalue weighted by molar-refractivity contribution is 6.00. The zero-order chi connectivity index (χ0) is 20.2. The van der Waals surface area contributed by atoms with Crippen LogP contribution in [0.1, 0.15) is 43.6 Å². The Hall–Kier alpha value is -2.60. The normalized spacial score (nSPS) is 20.9. The van der Waals surface area contributed by atoms with E-state index in [-0.39, 0.29) is 30.2 Å². The fourth-order valence-electron chi connectivity index (χ4n) is 4.33. The Labute approximate surface area is 171 Å². The molecule has 2 fully saturated rings. The molecule has 1 aromatic carbocycles. The molecule has 0 radical (unpaired) electrons. The summed E-state index contributed by atoms with van der Waals surface area (Å²) in [4.78, 5) is 29.4. The van der Waals surface area contributed by atoms with Crippen LogP contribution in [0.3, 0.4) is 0 Å². The first-order chi connectivity index (χ1) is 14.2. The summed E-state index contributed by atoms with van der Waals surface area (Å²) < 4.78 is 5.62. The molecule has 6 heteroatoms. The molecule has 3 heterocycles. The summed E-state index contributed by atoms with van der Waals surface area (Å²) in [5.74, 6) is 0.523. The number of amides is 2. The molecule has 2 amide bonds. The number of nitrogens with zero attached hydrogens (tertiary/aromatic N) is 2. The van der Waals surface area contributed by atoms with Gasteiger partial charge >= 0.3 is 0 Å². The molecular weight excluding hydrogens is 366 g/mol. The second kappa shape index (κ2) is 8.82. The molecule has 0 spiro atoms. The maximum Gasteiger partial charge on any atom is 0.227 e. The van der Waals surface area contributed by atoms with Crippen molar-refractivity contribution in [2.24, 2.45) is 5.92 Å². The van der Waals surface area contributed by atoms with Crippen LogP contribution in [0.5, 0.6) is 0 Å². The van der Waals surface area contributed by atoms with Gasteiger partial charge in [0, 0.05) is 25.2 Å². The molecule has 2 aliphatic heterocycles. The van der Waals surface area contributed by atoms with Crippen LogP contribution in [0.15, 0.2) is 47.1 Å². The molecule has 1 N–H and O–H groups in total. The maximum absolute atomic E-state index is 12.8. The highest BCUT2D eigenvalue weighted by Crippen LogP contribution is 2.27. The van der Waals surface area contributed by atoms with Crippen LogP contribution in [-0.4, -0.2) is 42.9 Å². The molecule has 2 aliphatic rings. The smallest absolute Gasteiger partial charge is 0.227 e. The average molecular weight is 396 g/mol. The predicted octanol–water partition coefficient (Wildman–Crippen LogP) is 3.15. The van der Waals surface area contributed by atoms with E-state index in [1.54, 1.807) is 11.2 Å². The van der Waals surface area contributed by atoms with E-state index in [9.17, 15) is 9.59 Å². The molecule has 29 heavy (non-hydrogen) atoms. The molecule has 0 saturated carbocycles. The summed E-state index contributed by atoms with van der Waals surface area (Å²) in [6.07, 6.45) is 5.25. The van der Waals surface area contributed by atoms with E-state index in [0.717, 1.165) is 31.0 Å². The van der Waals surface area contributed by atoms with E-state index < -0.39 is 0 Å². The minimum atomic E-state index is -0.316. The molecule has 1 aromatic heterocycles. The molecule has 0 aliphatic carbocycles. The molecule has 2 saturated heterocycles. The van der Waals surface area contributed by atoms with Crippen molar-refractivity contribution in [1.29, 1.82) is 0 Å². The molecular formula is C23H29N3O3. The van der Waals surface area contributed by atoms with Crippen LogP contribution >= 0.6 is 0 Å². The fraction of sp³-hybridized carbons (Fsp3) is 0.478. The Kier molecular flexibility index (Phi) is 6.00. The number of hydrogen-bond donors (Lipinski definition) is 1. The number of nitrogens with one attached hydrogen (secondary N) is 1. The molecule has 2 atom stereocenters. The number of furan rings is 1. The van der Waals surface area contributed by atoms with E-state index in [1.165, 1.54) is 18.4 Å². The van der Waals surface area contributed by atoms with Gasteiger partial charge in [-0.1, -0.05) is 19.1 Å². The van der Waals surface area contributed by atoms with Gasteiger partial charge in [0.15, 0.2) is 0 Å². The van der Waals surface area contributed by atoms with Gasteiger partial charge < -0.3 is 14.6 Å². The number of aryl methyl sites for hydroxylation is 1. The van der Waals surface area contributed by atoms with Crippen molar-refractivity contribution in [3.05, 3.63) is 54.0 Å². The third-order valence-electron chi connectivity index (χ3n) is 6.07. The molecule has 2 unspecified atom stereocenters. The Morgan fingerprint density at radius 2 is 1.97 bits per heavy atom. The van der Waals surface area contributed by atoms with Gasteiger partial charge in [-0.2, -0.15) is 0 Å². The van der Waals surface area contributed by atoms with Crippen molar-refractivity contribution >= 4 is 17.5 Å². The first-order valence-electron chi connectivity index (χ1n) is 10.6. The van der Waals surface area contributed by atoms with Crippen molar-refractivity contribution in [3.63, 3.8) is 0 Å². The lowest BCUT2D eigenvalue weighted by Gasteiger charge is -2.26. The summed E-state index contributed by atoms with van der Waals surface area (Å²) in [5.41, 5.74) is 2.11. The third-order valence-corrected chi connectivity index (χ3v) is 6.07. The van der Waals surface area contributed by atoms with E-state index in [0.29, 0.717) is 13.1 Å². The van der Waals surface area contributed by atoms with Crippen molar-refractivity contribution in [3.8, 4) is 0 Å². The van der Waals surface area contributed by atoms with E-state index in [4.69, 9.17) is 4.42 Å². The number of likely N-dealkylation sites (tertiary alicyclic amines) is 1. The fourth-order valence-corrected chi connectivity index (χ4v) is 4.33. The van der Waals surface area contributed by atoms with Crippen LogP contribution in [0.4, 0.5) is 5.69 Å². The lowest BCUT2D eigenvalue weighted by Crippen LogP contribution is -2.39. The van der Waals surface area contributed by atoms with Crippen molar-refractivity contribution in [2.45, 2.75) is 38.6 Å². The number of hydrogen-bond acceptors (Lipinski definition) is 4. The Morgan fingerprint density at radius 1 is 1.21 bits per heavy atom. The number of anilines is 1. The highest BCUT2D eigenvalue weighted by Gasteiger charge is 2.36. The molecule has 0 bridgehead atoms. The zero-order valence-corrected chi connectivity index (χ0v) is 17.0. The molecule has 154 valence electrons. The number of carbonyl (C=O) groups excluding carboxylic acids is 2. The summed E-state index contributed by atoms with van der Waals surface area (Å²) in [6, 6.07) is 11.9. The van der Waals surface area contributed by atoms with E-state index >= 15 is 0 Å². The monoisotopic (exact) mass is 395 g/mol. The summed E-state index contributed by atoms with van der Waals surface area (Å²) in [5, 5.41) is 3.08. The average Bonchev–Trinajstić information content (AvgIpc) is 3.51. The van der Waals surface area contributed by atoms with Gasteiger partial charge in [0.1, 0.15) is 5.76 Å². The quantitative estimate of drug-likeness (QED) is 0.782. The van der Waals surface area contributed by atoms with Crippen molar-refractivity contribution in [1.82, 2.24) is 10.2 Å². The minimum absolute atomic E-state index is 0.0107. The van der Waals surface area contributed by atoms with Crippen LogP contribution in [0.2, 0.25) is 0 Å². The second-order valence-corrected chi connectivity index (χ2v) is 7.94. The summed E-state index contributed by atoms with van der Waals surface area (Å²) in [6.45, 7) is 5.08. The topological polar surface area (TPSA) is 65.8 Å². The SMILES string of the molecule is CCc1ccc(N2CC(C(=O)NCC(c3ccco3)N3CCCC3)CC2=O)cc1. The minimum Gasteiger partial charge on any atom is -0.468 e. The molecule has 4 rings (SSSR count). The highest BCUT2D eigenvalue weighted by atomic mass is 16.3. The maximum atomic E-state index is 12.8. The van der Waals surface area contributed by atoms with Gasteiger partial charge in [0.2, 0.25) is 11.8 Å². The van der Waals surface area contributed by atoms with Gasteiger partial charge in [-0.05, 0) is 62.2 Å². The van der Waals surface area contributed by atoms with Crippen LogP contribution in [-0.2, 0) is 16.0 Å². The Balaban J connectivity index is 1.37. The van der Waals surface area contributed by atoms with Crippen LogP contribution in [0, 0.1) is 5.92 Å². The van der Waals surface area contributed by atoms with Crippen molar-refractivity contribution in [2.75, 3.05) is 31.1 Å². The Bertz CT molecular complexity index is 826. The summed E-state index contributed by atoms with van der Waals surface area (Å²) >= 11 is 0. The van der Waals surface area contributed by atoms with E-state index in [2.05, 4.69) is 17.1 Å². The first kappa shape index (κ1) is 19.7. The molecule has 2 aromatic rings. The van der Waals surface area contributed by atoms with Gasteiger partial charge in [-0.15, -0.1) is 0 Å². The largest absolute Gasteiger partial charge is 0.468 e. The first-order valence-corrected chi connectivity index (χ1v) is 10.6. The van der Waals surface area contributed by atoms with Crippen LogP contribution in [0.25, 0.3) is 0 Å². The van der Waals surface area contributed by atoms with Gasteiger partial charge in [-0.25, -0.2) is 0 Å². The molecule has 6 nitrogen and oxygen atoms in total. The number of rotatable bonds is 7. The predicted molar refractivity (Wildman–Crippen MR) is 112 cm³/mol. The van der Waals surface area contributed by atoms with Crippen molar-refractivity contribution < 1.29 is 14.0 Å². The summed E-state index contributed by atoms with van der Waals surface area (Å²) in [7, 11) is 0. The Morgan fingerprint density at radius 3 is 2.62 bits per heavy atom. The lowest BCUT2D eigenvalue weighted by molar-refractivity contribution is -0.126. The zero-order valence-electron chi connectivity index (χ0n) is 17.0. The van der Waals surface area contributed by atoms with E-state index in [1.807, 2.05) is 36.4 Å². The number of benzene rings is 1. The van der Waals surface area contributed by atoms with Crippen LogP contribution < -0.4 is 10.2 Å². The van der Waals surface area contributed by atoms with Gasteiger partial charge in [0.05, 0.1) is 18.2 Å². The standard InChI is InChI=1S/C23H29N3O3/c1-2-17-7-9-19(10-8-17)26-16-18(14-22(26)27)23(28)24-15-20(21-6-5-13-29-21)25-11-3-4-12-25/h5-10,13,18,20H,2-4,11-12,14-16H2,1H3,(H,24,28). The van der Waals surface area contributed by atoms with Gasteiger partial charge in [0.25, 0.3) is 0 Å².